The quantitative estimate of drug-likeness (QED) is 0.768. The highest BCUT2D eigenvalue weighted by Crippen LogP contribution is 2.19. The Morgan fingerprint density at radius 1 is 1.57 bits per heavy atom. The zero-order chi connectivity index (χ0) is 9.84. The van der Waals surface area contributed by atoms with Crippen LogP contribution in [0, 0.1) is 0 Å². The van der Waals surface area contributed by atoms with Gasteiger partial charge in [-0.3, -0.25) is 4.79 Å². The van der Waals surface area contributed by atoms with Gasteiger partial charge in [-0.2, -0.15) is 0 Å². The number of nitrogens with zero attached hydrogens (tertiary/aromatic N) is 1. The van der Waals surface area contributed by atoms with Crippen molar-refractivity contribution >= 4 is 18.3 Å². The lowest BCUT2D eigenvalue weighted by atomic mass is 9.99. The molecule has 0 saturated carbocycles. The van der Waals surface area contributed by atoms with E-state index in [0.29, 0.717) is 6.04 Å². The first-order valence-corrected chi connectivity index (χ1v) is 5.23. The van der Waals surface area contributed by atoms with Gasteiger partial charge >= 0.3 is 0 Å². The van der Waals surface area contributed by atoms with Crippen molar-refractivity contribution in [2.45, 2.75) is 51.6 Å². The summed E-state index contributed by atoms with van der Waals surface area (Å²) in [6, 6.07) is 0.0967. The summed E-state index contributed by atoms with van der Waals surface area (Å²) in [6.07, 6.45) is 4.59. The average Bonchev–Trinajstić information content (AvgIpc) is 2.16. The van der Waals surface area contributed by atoms with Crippen molar-refractivity contribution in [2.75, 3.05) is 6.54 Å². The molecule has 0 aromatic carbocycles. The fourth-order valence-corrected chi connectivity index (χ4v) is 1.98. The Morgan fingerprint density at radius 2 is 2.21 bits per heavy atom. The summed E-state index contributed by atoms with van der Waals surface area (Å²) < 4.78 is 0. The molecule has 2 unspecified atom stereocenters. The Hall–Kier alpha value is -0.280. The first kappa shape index (κ1) is 13.7. The summed E-state index contributed by atoms with van der Waals surface area (Å²) in [5, 5.41) is 0. The van der Waals surface area contributed by atoms with Gasteiger partial charge in [0.15, 0.2) is 0 Å². The maximum atomic E-state index is 11.7. The van der Waals surface area contributed by atoms with Crippen LogP contribution in [0.1, 0.15) is 39.5 Å². The third-order valence-corrected chi connectivity index (χ3v) is 2.77. The van der Waals surface area contributed by atoms with Crippen LogP contribution in [0.2, 0.25) is 0 Å². The number of halogens is 1. The molecule has 2 atom stereocenters. The molecule has 0 aromatic rings. The van der Waals surface area contributed by atoms with Gasteiger partial charge in [-0.15, -0.1) is 12.4 Å². The van der Waals surface area contributed by atoms with Crippen LogP contribution in [0.4, 0.5) is 0 Å². The van der Waals surface area contributed by atoms with Crippen molar-refractivity contribution in [3.8, 4) is 0 Å². The van der Waals surface area contributed by atoms with Gasteiger partial charge in [-0.25, -0.2) is 0 Å². The van der Waals surface area contributed by atoms with Crippen LogP contribution in [-0.2, 0) is 4.79 Å². The molecule has 1 rings (SSSR count). The predicted molar refractivity (Wildman–Crippen MR) is 60.5 cm³/mol. The summed E-state index contributed by atoms with van der Waals surface area (Å²) in [5.74, 6) is 0.117. The van der Waals surface area contributed by atoms with E-state index in [1.54, 1.807) is 6.92 Å². The largest absolute Gasteiger partial charge is 0.338 e. The highest BCUT2D eigenvalue weighted by molar-refractivity contribution is 5.85. The first-order valence-electron chi connectivity index (χ1n) is 5.23. The van der Waals surface area contributed by atoms with Gasteiger partial charge in [0, 0.05) is 12.6 Å². The SMILES string of the molecule is CCC1CCCCN1C(=O)C(C)N.Cl. The van der Waals surface area contributed by atoms with Crippen molar-refractivity contribution in [1.82, 2.24) is 4.90 Å². The van der Waals surface area contributed by atoms with Gasteiger partial charge in [0.1, 0.15) is 0 Å². The highest BCUT2D eigenvalue weighted by atomic mass is 35.5. The minimum atomic E-state index is -0.341. The van der Waals surface area contributed by atoms with Crippen LogP contribution >= 0.6 is 12.4 Å². The molecule has 4 heteroatoms. The van der Waals surface area contributed by atoms with E-state index in [2.05, 4.69) is 6.92 Å². The van der Waals surface area contributed by atoms with E-state index in [9.17, 15) is 4.79 Å². The first-order chi connectivity index (χ1) is 6.16. The minimum Gasteiger partial charge on any atom is -0.338 e. The van der Waals surface area contributed by atoms with Crippen LogP contribution in [0.3, 0.4) is 0 Å². The number of piperidine rings is 1. The third-order valence-electron chi connectivity index (χ3n) is 2.77. The number of nitrogens with two attached hydrogens (primary N) is 1. The summed E-state index contributed by atoms with van der Waals surface area (Å²) >= 11 is 0. The molecule has 0 radical (unpaired) electrons. The fourth-order valence-electron chi connectivity index (χ4n) is 1.98. The van der Waals surface area contributed by atoms with E-state index in [1.165, 1.54) is 6.42 Å². The number of hydrogen-bond donors (Lipinski definition) is 1. The number of likely N-dealkylation sites (tertiary alicyclic amines) is 1. The average molecular weight is 221 g/mol. The fraction of sp³-hybridized carbons (Fsp3) is 0.900. The molecule has 1 heterocycles. The Kier molecular flexibility index (Phi) is 6.12. The van der Waals surface area contributed by atoms with Crippen LogP contribution < -0.4 is 5.73 Å². The number of hydrogen-bond acceptors (Lipinski definition) is 2. The Bertz CT molecular complexity index is 185. The molecule has 1 amide bonds. The third kappa shape index (κ3) is 3.14. The molecule has 84 valence electrons. The number of carbonyl (C=O) groups is 1. The van der Waals surface area contributed by atoms with E-state index < -0.39 is 0 Å². The van der Waals surface area contributed by atoms with Gasteiger partial charge < -0.3 is 10.6 Å². The number of carbonyl (C=O) groups excluding carboxylic acids is 1. The van der Waals surface area contributed by atoms with Crippen molar-refractivity contribution in [3.63, 3.8) is 0 Å². The normalized spacial score (nSPS) is 23.9. The van der Waals surface area contributed by atoms with Gasteiger partial charge in [0.25, 0.3) is 0 Å². The summed E-state index contributed by atoms with van der Waals surface area (Å²) in [7, 11) is 0. The van der Waals surface area contributed by atoms with Crippen LogP contribution in [0.25, 0.3) is 0 Å². The molecular formula is C10H21ClN2O. The van der Waals surface area contributed by atoms with Crippen LogP contribution in [-0.4, -0.2) is 29.4 Å². The second-order valence-corrected chi connectivity index (χ2v) is 3.88. The maximum Gasteiger partial charge on any atom is 0.239 e. The smallest absolute Gasteiger partial charge is 0.239 e. The molecule has 0 spiro atoms. The van der Waals surface area contributed by atoms with Gasteiger partial charge in [-0.05, 0) is 32.6 Å². The molecule has 1 aliphatic heterocycles. The molecule has 2 N–H and O–H groups in total. The molecular weight excluding hydrogens is 200 g/mol. The van der Waals surface area contributed by atoms with Crippen LogP contribution in [0.15, 0.2) is 0 Å². The van der Waals surface area contributed by atoms with Gasteiger partial charge in [0.05, 0.1) is 6.04 Å². The minimum absolute atomic E-state index is 0. The van der Waals surface area contributed by atoms with E-state index >= 15 is 0 Å². The summed E-state index contributed by atoms with van der Waals surface area (Å²) in [5.41, 5.74) is 5.59. The van der Waals surface area contributed by atoms with Gasteiger partial charge in [-0.1, -0.05) is 6.92 Å². The standard InChI is InChI=1S/C10H20N2O.ClH/c1-3-9-6-4-5-7-12(9)10(13)8(2)11;/h8-9H,3-7,11H2,1-2H3;1H. The second kappa shape index (κ2) is 6.25. The Balaban J connectivity index is 0.00000169. The summed E-state index contributed by atoms with van der Waals surface area (Å²) in [4.78, 5) is 13.6. The van der Waals surface area contributed by atoms with Crippen LogP contribution in [0.5, 0.6) is 0 Å². The predicted octanol–water partition coefficient (Wildman–Crippen LogP) is 1.55. The molecule has 0 aliphatic carbocycles. The Morgan fingerprint density at radius 3 is 2.71 bits per heavy atom. The molecule has 1 saturated heterocycles. The number of rotatable bonds is 2. The molecule has 1 aliphatic rings. The van der Waals surface area contributed by atoms with Gasteiger partial charge in [0.2, 0.25) is 5.91 Å². The van der Waals surface area contributed by atoms with Crippen molar-refractivity contribution in [1.29, 1.82) is 0 Å². The van der Waals surface area contributed by atoms with E-state index in [4.69, 9.17) is 5.73 Å². The van der Waals surface area contributed by atoms with Crippen molar-refractivity contribution in [3.05, 3.63) is 0 Å². The summed E-state index contributed by atoms with van der Waals surface area (Å²) in [6.45, 7) is 4.81. The second-order valence-electron chi connectivity index (χ2n) is 3.88. The Labute approximate surface area is 92.4 Å². The van der Waals surface area contributed by atoms with E-state index in [0.717, 1.165) is 25.8 Å². The zero-order valence-corrected chi connectivity index (χ0v) is 9.85. The molecule has 0 bridgehead atoms. The molecule has 0 aromatic heterocycles. The van der Waals surface area contributed by atoms with Crippen molar-refractivity contribution in [2.24, 2.45) is 5.73 Å². The molecule has 3 nitrogen and oxygen atoms in total. The highest BCUT2D eigenvalue weighted by Gasteiger charge is 2.26. The molecule has 14 heavy (non-hydrogen) atoms. The van der Waals surface area contributed by atoms with E-state index in [1.807, 2.05) is 4.90 Å². The topological polar surface area (TPSA) is 46.3 Å². The number of amides is 1. The zero-order valence-electron chi connectivity index (χ0n) is 9.03. The van der Waals surface area contributed by atoms with E-state index in [-0.39, 0.29) is 24.4 Å². The van der Waals surface area contributed by atoms with Crippen molar-refractivity contribution < 1.29 is 4.79 Å². The monoisotopic (exact) mass is 220 g/mol. The lowest BCUT2D eigenvalue weighted by Gasteiger charge is -2.36. The molecule has 1 fully saturated rings. The lowest BCUT2D eigenvalue weighted by Crippen LogP contribution is -2.49. The lowest BCUT2D eigenvalue weighted by molar-refractivity contribution is -0.135. The maximum absolute atomic E-state index is 11.7.